The predicted molar refractivity (Wildman–Crippen MR) is 131 cm³/mol. The Morgan fingerprint density at radius 1 is 1.09 bits per heavy atom. The van der Waals surface area contributed by atoms with Crippen LogP contribution >= 0.6 is 8.03 Å². The van der Waals surface area contributed by atoms with Gasteiger partial charge in [0.15, 0.2) is 5.60 Å². The minimum atomic E-state index is -3.59. The second-order valence-corrected chi connectivity index (χ2v) is 9.82. The van der Waals surface area contributed by atoms with Gasteiger partial charge >= 0.3 is 19.2 Å². The summed E-state index contributed by atoms with van der Waals surface area (Å²) >= 11 is 0. The summed E-state index contributed by atoms with van der Waals surface area (Å²) in [5.41, 5.74) is -0.386. The number of aromatic nitrogens is 1. The van der Waals surface area contributed by atoms with Gasteiger partial charge in [0.1, 0.15) is 5.82 Å². The minimum Gasteiger partial charge on any atom is -0.477 e. The quantitative estimate of drug-likeness (QED) is 0.320. The Balaban J connectivity index is 2.36. The highest BCUT2D eigenvalue weighted by molar-refractivity contribution is 7.42. The number of aliphatic hydroxyl groups is 1. The molecule has 35 heavy (non-hydrogen) atoms. The van der Waals surface area contributed by atoms with Gasteiger partial charge in [-0.3, -0.25) is 0 Å². The smallest absolute Gasteiger partial charge is 0.477 e. The van der Waals surface area contributed by atoms with Gasteiger partial charge in [-0.05, 0) is 46.7 Å². The van der Waals surface area contributed by atoms with Crippen molar-refractivity contribution in [1.29, 1.82) is 0 Å². The van der Waals surface area contributed by atoms with Crippen molar-refractivity contribution in [2.24, 2.45) is 5.92 Å². The molecule has 0 aliphatic heterocycles. The lowest BCUT2D eigenvalue weighted by atomic mass is 9.78. The van der Waals surface area contributed by atoms with Gasteiger partial charge in [0.25, 0.3) is 0 Å². The molecular weight excluding hydrogens is 468 g/mol. The van der Waals surface area contributed by atoms with Crippen LogP contribution in [0.5, 0.6) is 0 Å². The molecule has 3 aromatic rings. The summed E-state index contributed by atoms with van der Waals surface area (Å²) in [6.07, 6.45) is -0.446. The van der Waals surface area contributed by atoms with E-state index in [4.69, 9.17) is 0 Å². The number of carboxylic acid groups (broad SMARTS) is 1. The van der Waals surface area contributed by atoms with Crippen molar-refractivity contribution in [2.75, 3.05) is 0 Å². The molecule has 3 atom stereocenters. The summed E-state index contributed by atoms with van der Waals surface area (Å²) in [4.78, 5) is 27.6. The van der Waals surface area contributed by atoms with Gasteiger partial charge in [-0.15, -0.1) is 0 Å². The largest absolute Gasteiger partial charge is 0.541 e. The van der Waals surface area contributed by atoms with Gasteiger partial charge in [-0.2, -0.15) is 4.89 Å². The predicted octanol–water partition coefficient (Wildman–Crippen LogP) is 4.84. The molecule has 1 aromatic heterocycles. The van der Waals surface area contributed by atoms with Crippen LogP contribution in [0.2, 0.25) is 0 Å². The number of pyridine rings is 1. The summed E-state index contributed by atoms with van der Waals surface area (Å²) in [7, 11) is -3.59. The Bertz CT molecular complexity index is 1280. The van der Waals surface area contributed by atoms with Crippen LogP contribution < -0.4 is 0 Å². The van der Waals surface area contributed by atoms with Crippen molar-refractivity contribution < 1.29 is 28.9 Å². The van der Waals surface area contributed by atoms with Crippen LogP contribution in [-0.2, 0) is 21.4 Å². The van der Waals surface area contributed by atoms with Crippen LogP contribution in [0, 0.1) is 30.5 Å². The van der Waals surface area contributed by atoms with Gasteiger partial charge in [-0.25, -0.2) is 14.2 Å². The van der Waals surface area contributed by atoms with E-state index in [1.54, 1.807) is 19.9 Å². The number of benzene rings is 2. The van der Waals surface area contributed by atoms with E-state index in [2.05, 4.69) is 16.8 Å². The van der Waals surface area contributed by atoms with Crippen molar-refractivity contribution in [3.05, 3.63) is 89.4 Å². The number of nitrogens with zero attached hydrogens (tertiary/aromatic N) is 1. The summed E-state index contributed by atoms with van der Waals surface area (Å²) < 4.78 is 26.3. The van der Waals surface area contributed by atoms with Crippen LogP contribution in [0.4, 0.5) is 4.39 Å². The molecule has 6 nitrogen and oxygen atoms in total. The van der Waals surface area contributed by atoms with Crippen molar-refractivity contribution >= 4 is 14.0 Å². The maximum absolute atomic E-state index is 13.5. The van der Waals surface area contributed by atoms with E-state index in [0.29, 0.717) is 11.3 Å². The molecule has 8 heteroatoms. The first-order valence-electron chi connectivity index (χ1n) is 10.9. The zero-order chi connectivity index (χ0) is 25.8. The average Bonchev–Trinajstić information content (AvgIpc) is 2.81. The van der Waals surface area contributed by atoms with Gasteiger partial charge in [0.2, 0.25) is 0 Å². The zero-order valence-corrected chi connectivity index (χ0v) is 20.5. The number of carbonyl (C=O) groups is 1. The van der Waals surface area contributed by atoms with Crippen molar-refractivity contribution in [3.8, 4) is 23.1 Å². The summed E-state index contributed by atoms with van der Waals surface area (Å²) in [5, 5.41) is 19.6. The van der Waals surface area contributed by atoms with Crippen LogP contribution in [0.1, 0.15) is 30.7 Å². The molecule has 0 fully saturated rings. The van der Waals surface area contributed by atoms with E-state index in [0.717, 1.165) is 23.3 Å². The Morgan fingerprint density at radius 3 is 2.26 bits per heavy atom. The lowest BCUT2D eigenvalue weighted by molar-refractivity contribution is -0.146. The van der Waals surface area contributed by atoms with Gasteiger partial charge in [0, 0.05) is 17.9 Å². The highest BCUT2D eigenvalue weighted by Gasteiger charge is 2.72. The highest BCUT2D eigenvalue weighted by Crippen LogP contribution is 2.50. The van der Waals surface area contributed by atoms with E-state index in [1.807, 2.05) is 37.3 Å². The Labute approximate surface area is 204 Å². The maximum Gasteiger partial charge on any atom is 0.541 e. The lowest BCUT2D eigenvalue weighted by Gasteiger charge is -2.33. The average molecular weight is 494 g/mol. The molecule has 0 aliphatic rings. The van der Waals surface area contributed by atoms with E-state index in [-0.39, 0.29) is 11.6 Å². The Hall–Kier alpha value is -3.43. The molecule has 0 saturated carbocycles. The van der Waals surface area contributed by atoms with Gasteiger partial charge < -0.3 is 10.2 Å². The standard InChI is InChI=1S/C27H25FNO5P/c1-18(2)15-16-27(25(30)31,35(33)34)26(32,17-20-10-12-22(28)13-11-20)23-14-9-19(3)24(29-23)21-7-5-4-6-8-21/h4-14,18,32H,17H2,1-3H3,(H-,30,31,33,34)/p+1. The molecule has 3 rings (SSSR count). The second kappa shape index (κ2) is 10.5. The first kappa shape index (κ1) is 26.2. The molecule has 3 N–H and O–H groups in total. The van der Waals surface area contributed by atoms with Gasteiger partial charge in [-0.1, -0.05) is 68.3 Å². The molecule has 0 radical (unpaired) electrons. The van der Waals surface area contributed by atoms with Crippen LogP contribution in [0.15, 0.2) is 66.7 Å². The third kappa shape index (κ3) is 5.16. The van der Waals surface area contributed by atoms with Crippen molar-refractivity contribution in [2.45, 2.75) is 37.9 Å². The Morgan fingerprint density at radius 2 is 1.71 bits per heavy atom. The van der Waals surface area contributed by atoms with Crippen LogP contribution in [0.3, 0.4) is 0 Å². The number of hydrogen-bond donors (Lipinski definition) is 3. The molecule has 0 aliphatic carbocycles. The summed E-state index contributed by atoms with van der Waals surface area (Å²) in [6.45, 7) is 5.20. The lowest BCUT2D eigenvalue weighted by Crippen LogP contribution is -2.56. The highest BCUT2D eigenvalue weighted by atomic mass is 31.1. The van der Waals surface area contributed by atoms with Crippen molar-refractivity contribution in [3.63, 3.8) is 0 Å². The monoisotopic (exact) mass is 494 g/mol. The number of rotatable bonds is 7. The summed E-state index contributed by atoms with van der Waals surface area (Å²) in [6, 6.07) is 17.2. The SMILES string of the molecule is Cc1ccc(C(O)(Cc2ccc(F)cc2)C(C#CC(C)C)(C(=O)O)[P+](=O)O)nc1-c1ccccc1. The fourth-order valence-corrected chi connectivity index (χ4v) is 4.65. The molecule has 2 aromatic carbocycles. The third-order valence-electron chi connectivity index (χ3n) is 5.68. The molecule has 0 bridgehead atoms. The first-order chi connectivity index (χ1) is 16.5. The van der Waals surface area contributed by atoms with Crippen LogP contribution in [0.25, 0.3) is 11.3 Å². The van der Waals surface area contributed by atoms with E-state index < -0.39 is 37.0 Å². The maximum atomic E-state index is 13.5. The topological polar surface area (TPSA) is 108 Å². The number of aryl methyl sites for hydroxylation is 1. The normalized spacial score (nSPS) is 14.9. The van der Waals surface area contributed by atoms with E-state index in [1.165, 1.54) is 18.2 Å². The third-order valence-corrected chi connectivity index (χ3v) is 6.92. The number of carboxylic acids is 1. The van der Waals surface area contributed by atoms with Crippen LogP contribution in [-0.4, -0.2) is 31.2 Å². The second-order valence-electron chi connectivity index (χ2n) is 8.60. The van der Waals surface area contributed by atoms with E-state index >= 15 is 0 Å². The zero-order valence-electron chi connectivity index (χ0n) is 19.6. The van der Waals surface area contributed by atoms with Gasteiger partial charge in [0.05, 0.1) is 11.4 Å². The minimum absolute atomic E-state index is 0.135. The first-order valence-corrected chi connectivity index (χ1v) is 12.1. The fraction of sp³-hybridized carbons (Fsp3) is 0.259. The number of aliphatic carboxylic acids is 1. The number of hydrogen-bond acceptors (Lipinski definition) is 4. The number of halogens is 1. The molecule has 0 spiro atoms. The fourth-order valence-electron chi connectivity index (χ4n) is 3.82. The molecule has 0 amide bonds. The molecule has 1 heterocycles. The molecule has 0 saturated heterocycles. The molecule has 3 unspecified atom stereocenters. The molecule has 180 valence electrons. The summed E-state index contributed by atoms with van der Waals surface area (Å²) in [5.74, 6) is 2.46. The Kier molecular flexibility index (Phi) is 7.82. The van der Waals surface area contributed by atoms with E-state index in [9.17, 15) is 28.9 Å². The molecular formula is C27H26FNO5P+. The van der Waals surface area contributed by atoms with Crippen molar-refractivity contribution in [1.82, 2.24) is 4.98 Å².